The number of hydrogen-bond acceptors (Lipinski definition) is 4. The number of carbonyl (C=O) groups is 1. The lowest BCUT2D eigenvalue weighted by atomic mass is 9.65. The van der Waals surface area contributed by atoms with Crippen LogP contribution in [0.3, 0.4) is 0 Å². The lowest BCUT2D eigenvalue weighted by Gasteiger charge is -2.52. The highest BCUT2D eigenvalue weighted by molar-refractivity contribution is 6.35. The van der Waals surface area contributed by atoms with Crippen LogP contribution < -0.4 is 9.64 Å². The predicted octanol–water partition coefficient (Wildman–Crippen LogP) is 6.84. The van der Waals surface area contributed by atoms with E-state index in [0.29, 0.717) is 27.9 Å². The van der Waals surface area contributed by atoms with E-state index < -0.39 is 11.4 Å². The van der Waals surface area contributed by atoms with Crippen molar-refractivity contribution in [3.8, 4) is 5.75 Å². The standard InChI is InChI=1S/C29H36Cl2N2O3/c1-18-6-8-23(12-27(18)36-19(2)25-9-7-22(30)11-26(25)31)33-16-21(17-33)20-5-4-10-32(15-20)24-13-29(3,14-24)28(34)35/h6-9,11-12,19-21,24H,4-5,10,13-17H2,1-3H3,(H,34,35)/t19-,20+,24?,29?/m1/s1. The van der Waals surface area contributed by atoms with Gasteiger partial charge >= 0.3 is 5.97 Å². The molecule has 0 spiro atoms. The zero-order chi connectivity index (χ0) is 25.6. The van der Waals surface area contributed by atoms with Crippen molar-refractivity contribution < 1.29 is 14.6 Å². The normalized spacial score (nSPS) is 27.8. The predicted molar refractivity (Wildman–Crippen MR) is 145 cm³/mol. The molecule has 1 saturated carbocycles. The topological polar surface area (TPSA) is 53.0 Å². The summed E-state index contributed by atoms with van der Waals surface area (Å²) in [6, 6.07) is 12.4. The summed E-state index contributed by atoms with van der Waals surface area (Å²) < 4.78 is 6.34. The van der Waals surface area contributed by atoms with Crippen molar-refractivity contribution in [3.05, 3.63) is 57.6 Å². The summed E-state index contributed by atoms with van der Waals surface area (Å²) in [6.07, 6.45) is 3.89. The Labute approximate surface area is 224 Å². The lowest BCUT2D eigenvalue weighted by molar-refractivity contribution is -0.158. The summed E-state index contributed by atoms with van der Waals surface area (Å²) in [4.78, 5) is 16.5. The molecule has 1 N–H and O–H groups in total. The first-order valence-corrected chi connectivity index (χ1v) is 13.8. The van der Waals surface area contributed by atoms with Crippen LogP contribution in [-0.4, -0.2) is 48.2 Å². The highest BCUT2D eigenvalue weighted by Gasteiger charge is 2.49. The van der Waals surface area contributed by atoms with E-state index in [1.165, 1.54) is 18.5 Å². The molecule has 0 radical (unpaired) electrons. The number of aryl methyl sites for hydroxylation is 1. The maximum Gasteiger partial charge on any atom is 0.309 e. The second kappa shape index (κ2) is 10.1. The molecule has 36 heavy (non-hydrogen) atoms. The average Bonchev–Trinajstić information content (AvgIpc) is 2.78. The van der Waals surface area contributed by atoms with Gasteiger partial charge in [0.2, 0.25) is 0 Å². The quantitative estimate of drug-likeness (QED) is 0.424. The number of piperidine rings is 1. The molecule has 2 aromatic rings. The molecule has 5 nitrogen and oxygen atoms in total. The van der Waals surface area contributed by atoms with Gasteiger partial charge in [0.15, 0.2) is 0 Å². The van der Waals surface area contributed by atoms with Gasteiger partial charge in [-0.15, -0.1) is 0 Å². The van der Waals surface area contributed by atoms with Crippen molar-refractivity contribution in [1.82, 2.24) is 4.90 Å². The van der Waals surface area contributed by atoms with Crippen LogP contribution >= 0.6 is 23.2 Å². The van der Waals surface area contributed by atoms with E-state index >= 15 is 0 Å². The van der Waals surface area contributed by atoms with E-state index in [0.717, 1.165) is 55.9 Å². The van der Waals surface area contributed by atoms with E-state index in [2.05, 4.69) is 34.9 Å². The van der Waals surface area contributed by atoms with Gasteiger partial charge in [0, 0.05) is 53.0 Å². The van der Waals surface area contributed by atoms with Gasteiger partial charge in [0.05, 0.1) is 5.41 Å². The van der Waals surface area contributed by atoms with Gasteiger partial charge in [-0.2, -0.15) is 0 Å². The van der Waals surface area contributed by atoms with Gasteiger partial charge in [-0.05, 0) is 88.6 Å². The molecule has 3 aliphatic rings. The molecule has 5 rings (SSSR count). The van der Waals surface area contributed by atoms with Gasteiger partial charge in [-0.1, -0.05) is 35.3 Å². The highest BCUT2D eigenvalue weighted by atomic mass is 35.5. The molecule has 2 aromatic carbocycles. The molecule has 0 amide bonds. The van der Waals surface area contributed by atoms with Gasteiger partial charge in [-0.25, -0.2) is 0 Å². The van der Waals surface area contributed by atoms with Crippen LogP contribution in [-0.2, 0) is 4.79 Å². The van der Waals surface area contributed by atoms with Crippen LogP contribution in [0.15, 0.2) is 36.4 Å². The summed E-state index contributed by atoms with van der Waals surface area (Å²) in [7, 11) is 0. The molecule has 2 saturated heterocycles. The SMILES string of the molecule is Cc1ccc(N2CC([C@H]3CCCN(C4CC(C)(C(=O)O)C4)C3)C2)cc1O[C@H](C)c1ccc(Cl)cc1Cl. The maximum atomic E-state index is 11.5. The third-order valence-electron chi connectivity index (χ3n) is 8.71. The first kappa shape index (κ1) is 25.7. The fourth-order valence-electron chi connectivity index (χ4n) is 6.19. The smallest absolute Gasteiger partial charge is 0.309 e. The summed E-state index contributed by atoms with van der Waals surface area (Å²) in [6.45, 7) is 10.3. The molecule has 2 atom stereocenters. The zero-order valence-corrected chi connectivity index (χ0v) is 22.9. The largest absolute Gasteiger partial charge is 0.486 e. The number of ether oxygens (including phenoxy) is 1. The van der Waals surface area contributed by atoms with Gasteiger partial charge in [0.1, 0.15) is 11.9 Å². The first-order chi connectivity index (χ1) is 17.1. The van der Waals surface area contributed by atoms with Gasteiger partial charge in [-0.3, -0.25) is 4.79 Å². The number of hydrogen-bond donors (Lipinski definition) is 1. The van der Waals surface area contributed by atoms with E-state index in [1.807, 2.05) is 26.0 Å². The number of carboxylic acid groups (broad SMARTS) is 1. The molecule has 0 bridgehead atoms. The molecule has 3 fully saturated rings. The van der Waals surface area contributed by atoms with Crippen LogP contribution in [0.2, 0.25) is 10.0 Å². The van der Waals surface area contributed by atoms with Crippen molar-refractivity contribution in [2.75, 3.05) is 31.1 Å². The third-order valence-corrected chi connectivity index (χ3v) is 9.27. The molecule has 0 aromatic heterocycles. The molecule has 2 aliphatic heterocycles. The molecular weight excluding hydrogens is 495 g/mol. The minimum atomic E-state index is -0.644. The summed E-state index contributed by atoms with van der Waals surface area (Å²) in [5.41, 5.74) is 2.70. The number of anilines is 1. The van der Waals surface area contributed by atoms with Crippen LogP contribution in [0.5, 0.6) is 5.75 Å². The zero-order valence-electron chi connectivity index (χ0n) is 21.3. The fourth-order valence-corrected chi connectivity index (χ4v) is 6.75. The Morgan fingerprint density at radius 2 is 1.86 bits per heavy atom. The van der Waals surface area contributed by atoms with Crippen LogP contribution in [0.1, 0.15) is 56.8 Å². The number of halogens is 2. The summed E-state index contributed by atoms with van der Waals surface area (Å²) >= 11 is 12.5. The minimum Gasteiger partial charge on any atom is -0.486 e. The van der Waals surface area contributed by atoms with Gasteiger partial charge in [0.25, 0.3) is 0 Å². The first-order valence-electron chi connectivity index (χ1n) is 13.1. The second-order valence-electron chi connectivity index (χ2n) is 11.4. The average molecular weight is 532 g/mol. The van der Waals surface area contributed by atoms with E-state index in [-0.39, 0.29) is 6.10 Å². The number of aliphatic carboxylic acids is 1. The number of benzene rings is 2. The number of rotatable bonds is 7. The molecule has 7 heteroatoms. The second-order valence-corrected chi connectivity index (χ2v) is 12.2. The van der Waals surface area contributed by atoms with Crippen molar-refractivity contribution in [2.24, 2.45) is 17.3 Å². The van der Waals surface area contributed by atoms with E-state index in [4.69, 9.17) is 27.9 Å². The molecule has 1 aliphatic carbocycles. The number of likely N-dealkylation sites (tertiary alicyclic amines) is 1. The maximum absolute atomic E-state index is 11.5. The Bertz CT molecular complexity index is 1130. The Morgan fingerprint density at radius 3 is 2.56 bits per heavy atom. The van der Waals surface area contributed by atoms with Crippen LogP contribution in [0.4, 0.5) is 5.69 Å². The molecular formula is C29H36Cl2N2O3. The van der Waals surface area contributed by atoms with E-state index in [1.54, 1.807) is 6.07 Å². The Hall–Kier alpha value is -1.95. The van der Waals surface area contributed by atoms with E-state index in [9.17, 15) is 9.90 Å². The number of nitrogens with zero attached hydrogens (tertiary/aromatic N) is 2. The van der Waals surface area contributed by atoms with Crippen molar-refractivity contribution in [1.29, 1.82) is 0 Å². The Balaban J connectivity index is 1.17. The molecule has 194 valence electrons. The molecule has 0 unspecified atom stereocenters. The van der Waals surface area contributed by atoms with Crippen molar-refractivity contribution in [3.63, 3.8) is 0 Å². The van der Waals surface area contributed by atoms with Crippen LogP contribution in [0, 0.1) is 24.2 Å². The Morgan fingerprint density at radius 1 is 1.11 bits per heavy atom. The monoisotopic (exact) mass is 530 g/mol. The lowest BCUT2D eigenvalue weighted by Crippen LogP contribution is -2.58. The Kier molecular flexibility index (Phi) is 7.19. The van der Waals surface area contributed by atoms with Crippen LogP contribution in [0.25, 0.3) is 0 Å². The highest BCUT2D eigenvalue weighted by Crippen LogP contribution is 2.45. The fraction of sp³-hybridized carbons (Fsp3) is 0.552. The molecule has 2 heterocycles. The number of carboxylic acids is 1. The minimum absolute atomic E-state index is 0.185. The summed E-state index contributed by atoms with van der Waals surface area (Å²) in [5, 5.41) is 10.7. The summed E-state index contributed by atoms with van der Waals surface area (Å²) in [5.74, 6) is 1.62. The van der Waals surface area contributed by atoms with Crippen molar-refractivity contribution in [2.45, 2.75) is 58.6 Å². The van der Waals surface area contributed by atoms with Gasteiger partial charge < -0.3 is 19.6 Å². The van der Waals surface area contributed by atoms with Crippen molar-refractivity contribution >= 4 is 34.9 Å². The third kappa shape index (κ3) is 5.07.